The van der Waals surface area contributed by atoms with Gasteiger partial charge in [0.05, 0.1) is 25.5 Å². The molecule has 1 N–H and O–H groups in total. The predicted octanol–water partition coefficient (Wildman–Crippen LogP) is 2.39. The molecule has 1 amide bonds. The minimum atomic E-state index is -0.331. The molecule has 3 heterocycles. The molecule has 0 aliphatic carbocycles. The van der Waals surface area contributed by atoms with E-state index >= 15 is 0 Å². The molecule has 0 saturated carbocycles. The van der Waals surface area contributed by atoms with Crippen LogP contribution in [0.25, 0.3) is 0 Å². The van der Waals surface area contributed by atoms with E-state index in [1.54, 1.807) is 24.0 Å². The summed E-state index contributed by atoms with van der Waals surface area (Å²) < 4.78 is 29.7. The van der Waals surface area contributed by atoms with Gasteiger partial charge in [-0.2, -0.15) is 10.1 Å². The molecule has 10 heteroatoms. The van der Waals surface area contributed by atoms with Crippen molar-refractivity contribution in [3.63, 3.8) is 0 Å². The normalized spacial score (nSPS) is 16.5. The molecule has 0 spiro atoms. The van der Waals surface area contributed by atoms with Crippen LogP contribution in [0.15, 0.2) is 34.9 Å². The SMILES string of the molecule is Cc1noc(CCC(=O)N2CCO[C@@H](c3cc(CCOc4cccc(F)c4)[nH]n3)C2)n1. The number of carbonyl (C=O) groups is 1. The molecule has 1 aliphatic heterocycles. The number of benzene rings is 1. The Morgan fingerprint density at radius 3 is 3.06 bits per heavy atom. The fourth-order valence-corrected chi connectivity index (χ4v) is 3.38. The number of hydrogen-bond acceptors (Lipinski definition) is 7. The van der Waals surface area contributed by atoms with Crippen LogP contribution in [0, 0.1) is 12.7 Å². The van der Waals surface area contributed by atoms with Crippen LogP contribution in [0.3, 0.4) is 0 Å². The van der Waals surface area contributed by atoms with Gasteiger partial charge in [0.1, 0.15) is 17.7 Å². The average Bonchev–Trinajstić information content (AvgIpc) is 3.41. The van der Waals surface area contributed by atoms with Crippen LogP contribution in [-0.4, -0.2) is 57.4 Å². The molecule has 1 atom stereocenters. The van der Waals surface area contributed by atoms with Crippen molar-refractivity contribution in [2.45, 2.75) is 32.3 Å². The van der Waals surface area contributed by atoms with Crippen molar-refractivity contribution in [1.82, 2.24) is 25.2 Å². The van der Waals surface area contributed by atoms with Crippen molar-refractivity contribution in [2.24, 2.45) is 0 Å². The lowest BCUT2D eigenvalue weighted by molar-refractivity contribution is -0.139. The maximum atomic E-state index is 13.2. The van der Waals surface area contributed by atoms with E-state index in [-0.39, 0.29) is 17.8 Å². The number of ether oxygens (including phenoxy) is 2. The Bertz CT molecular complexity index is 1020. The van der Waals surface area contributed by atoms with Crippen molar-refractivity contribution in [1.29, 1.82) is 0 Å². The number of carbonyl (C=O) groups excluding carboxylic acids is 1. The molecule has 1 fully saturated rings. The number of rotatable bonds is 8. The van der Waals surface area contributed by atoms with Crippen LogP contribution in [0.5, 0.6) is 5.75 Å². The van der Waals surface area contributed by atoms with E-state index in [2.05, 4.69) is 20.3 Å². The summed E-state index contributed by atoms with van der Waals surface area (Å²) in [5.41, 5.74) is 1.62. The summed E-state index contributed by atoms with van der Waals surface area (Å²) in [6, 6.07) is 7.95. The topological polar surface area (TPSA) is 106 Å². The second kappa shape index (κ2) is 9.69. The summed E-state index contributed by atoms with van der Waals surface area (Å²) in [6.45, 7) is 3.55. The molecule has 4 rings (SSSR count). The Labute approximate surface area is 178 Å². The molecule has 3 aromatic rings. The molecule has 2 aromatic heterocycles. The van der Waals surface area contributed by atoms with Crippen LogP contribution in [0.2, 0.25) is 0 Å². The standard InChI is InChI=1S/C21H24FN5O4/c1-14-23-20(31-26-14)5-6-21(28)27-8-10-30-19(13-27)18-12-16(24-25-18)7-9-29-17-4-2-3-15(22)11-17/h2-4,11-12,19H,5-10,13H2,1H3,(H,24,25)/t19-/m1/s1. The van der Waals surface area contributed by atoms with Gasteiger partial charge in [-0.1, -0.05) is 11.2 Å². The zero-order valence-corrected chi connectivity index (χ0v) is 17.2. The Hall–Kier alpha value is -3.27. The van der Waals surface area contributed by atoms with E-state index in [0.29, 0.717) is 63.0 Å². The van der Waals surface area contributed by atoms with Gasteiger partial charge in [-0.25, -0.2) is 4.39 Å². The summed E-state index contributed by atoms with van der Waals surface area (Å²) in [7, 11) is 0. The van der Waals surface area contributed by atoms with Gasteiger partial charge in [-0.05, 0) is 25.1 Å². The lowest BCUT2D eigenvalue weighted by Crippen LogP contribution is -2.42. The lowest BCUT2D eigenvalue weighted by Gasteiger charge is -2.32. The second-order valence-corrected chi connectivity index (χ2v) is 7.31. The number of aromatic amines is 1. The summed E-state index contributed by atoms with van der Waals surface area (Å²) in [5.74, 6) is 1.20. The molecule has 0 radical (unpaired) electrons. The molecule has 1 saturated heterocycles. The molecular formula is C21H24FN5O4. The van der Waals surface area contributed by atoms with Gasteiger partial charge in [-0.3, -0.25) is 9.89 Å². The van der Waals surface area contributed by atoms with E-state index in [1.165, 1.54) is 12.1 Å². The smallest absolute Gasteiger partial charge is 0.227 e. The Morgan fingerprint density at radius 2 is 2.26 bits per heavy atom. The Balaban J connectivity index is 1.26. The molecule has 0 unspecified atom stereocenters. The van der Waals surface area contributed by atoms with E-state index in [9.17, 15) is 9.18 Å². The first-order valence-corrected chi connectivity index (χ1v) is 10.2. The molecule has 9 nitrogen and oxygen atoms in total. The van der Waals surface area contributed by atoms with Gasteiger partial charge in [0.15, 0.2) is 5.82 Å². The van der Waals surface area contributed by atoms with Gasteiger partial charge in [-0.15, -0.1) is 0 Å². The third-order valence-corrected chi connectivity index (χ3v) is 4.96. The van der Waals surface area contributed by atoms with Gasteiger partial charge in [0.25, 0.3) is 0 Å². The van der Waals surface area contributed by atoms with Crippen molar-refractivity contribution in [2.75, 3.05) is 26.3 Å². The quantitative estimate of drug-likeness (QED) is 0.586. The van der Waals surface area contributed by atoms with Crippen LogP contribution in [0.1, 0.15) is 35.6 Å². The fraction of sp³-hybridized carbons (Fsp3) is 0.429. The summed E-state index contributed by atoms with van der Waals surface area (Å²) in [6.07, 6.45) is 1.01. The van der Waals surface area contributed by atoms with Crippen molar-refractivity contribution >= 4 is 5.91 Å². The van der Waals surface area contributed by atoms with Crippen molar-refractivity contribution in [3.8, 4) is 5.75 Å². The van der Waals surface area contributed by atoms with Crippen LogP contribution >= 0.6 is 0 Å². The first kappa shape index (κ1) is 21.0. The monoisotopic (exact) mass is 429 g/mol. The highest BCUT2D eigenvalue weighted by Gasteiger charge is 2.27. The summed E-state index contributed by atoms with van der Waals surface area (Å²) >= 11 is 0. The minimum absolute atomic E-state index is 0.0170. The van der Waals surface area contributed by atoms with Gasteiger partial charge >= 0.3 is 0 Å². The number of aromatic nitrogens is 4. The van der Waals surface area contributed by atoms with Gasteiger partial charge in [0.2, 0.25) is 11.8 Å². The van der Waals surface area contributed by atoms with Crippen molar-refractivity contribution < 1.29 is 23.2 Å². The summed E-state index contributed by atoms with van der Waals surface area (Å²) in [4.78, 5) is 18.5. The molecule has 164 valence electrons. The minimum Gasteiger partial charge on any atom is -0.493 e. The number of amides is 1. The lowest BCUT2D eigenvalue weighted by atomic mass is 10.1. The van der Waals surface area contributed by atoms with Gasteiger partial charge < -0.3 is 18.9 Å². The van der Waals surface area contributed by atoms with Crippen LogP contribution in [0.4, 0.5) is 4.39 Å². The number of H-pyrrole nitrogens is 1. The fourth-order valence-electron chi connectivity index (χ4n) is 3.38. The summed E-state index contributed by atoms with van der Waals surface area (Å²) in [5, 5.41) is 11.0. The molecule has 1 aromatic carbocycles. The average molecular weight is 429 g/mol. The number of hydrogen-bond donors (Lipinski definition) is 1. The van der Waals surface area contributed by atoms with Crippen LogP contribution in [-0.2, 0) is 22.4 Å². The molecule has 31 heavy (non-hydrogen) atoms. The zero-order valence-electron chi connectivity index (χ0n) is 17.2. The molecular weight excluding hydrogens is 405 g/mol. The Kier molecular flexibility index (Phi) is 6.56. The number of nitrogens with one attached hydrogen (secondary N) is 1. The largest absolute Gasteiger partial charge is 0.493 e. The highest BCUT2D eigenvalue weighted by Crippen LogP contribution is 2.22. The third kappa shape index (κ3) is 5.66. The highest BCUT2D eigenvalue weighted by atomic mass is 19.1. The highest BCUT2D eigenvalue weighted by molar-refractivity contribution is 5.76. The number of halogens is 1. The first-order valence-electron chi connectivity index (χ1n) is 10.2. The van der Waals surface area contributed by atoms with E-state index in [0.717, 1.165) is 11.4 Å². The van der Waals surface area contributed by atoms with Gasteiger partial charge in [0, 0.05) is 37.6 Å². The molecule has 0 bridgehead atoms. The predicted molar refractivity (Wildman–Crippen MR) is 107 cm³/mol. The van der Waals surface area contributed by atoms with E-state index in [4.69, 9.17) is 14.0 Å². The maximum absolute atomic E-state index is 13.2. The Morgan fingerprint density at radius 1 is 1.35 bits per heavy atom. The third-order valence-electron chi connectivity index (χ3n) is 4.96. The van der Waals surface area contributed by atoms with E-state index in [1.807, 2.05) is 6.07 Å². The molecule has 1 aliphatic rings. The van der Waals surface area contributed by atoms with Crippen molar-refractivity contribution in [3.05, 3.63) is 59.3 Å². The van der Waals surface area contributed by atoms with Crippen LogP contribution < -0.4 is 4.74 Å². The zero-order chi connectivity index (χ0) is 21.6. The van der Waals surface area contributed by atoms with E-state index < -0.39 is 0 Å². The first-order chi connectivity index (χ1) is 15.1. The maximum Gasteiger partial charge on any atom is 0.227 e. The number of aryl methyl sites for hydroxylation is 2. The second-order valence-electron chi connectivity index (χ2n) is 7.31. The number of morpholine rings is 1. The number of nitrogens with zero attached hydrogens (tertiary/aromatic N) is 4.